The number of likely N-dealkylation sites (N-methyl/N-ethyl adjacent to an activating group) is 1. The van der Waals surface area contributed by atoms with Gasteiger partial charge in [-0.15, -0.1) is 0 Å². The lowest BCUT2D eigenvalue weighted by molar-refractivity contribution is -0.119. The molecule has 5 rings (SSSR count). The molecule has 35 heavy (non-hydrogen) atoms. The van der Waals surface area contributed by atoms with Crippen LogP contribution >= 0.6 is 23.8 Å². The summed E-state index contributed by atoms with van der Waals surface area (Å²) in [5, 5.41) is 4.41. The van der Waals surface area contributed by atoms with E-state index in [-0.39, 0.29) is 5.91 Å². The second kappa shape index (κ2) is 10.2. The fourth-order valence-corrected chi connectivity index (χ4v) is 5.14. The molecule has 0 spiro atoms. The number of hydrogen-bond donors (Lipinski definition) is 1. The average molecular weight is 506 g/mol. The number of thiocarbonyl (C=S) groups is 1. The molecule has 6 nitrogen and oxygen atoms in total. The number of fused-ring (bicyclic) bond motifs is 1. The van der Waals surface area contributed by atoms with Crippen molar-refractivity contribution in [1.29, 1.82) is 0 Å². The lowest BCUT2D eigenvalue weighted by Crippen LogP contribution is -2.55. The molecule has 1 unspecified atom stereocenters. The van der Waals surface area contributed by atoms with E-state index >= 15 is 0 Å². The first-order valence-corrected chi connectivity index (χ1v) is 12.7. The molecule has 0 radical (unpaired) electrons. The van der Waals surface area contributed by atoms with Crippen LogP contribution in [0.2, 0.25) is 5.02 Å². The molecule has 1 N–H and O–H groups in total. The van der Waals surface area contributed by atoms with Crippen LogP contribution in [0.25, 0.3) is 0 Å². The zero-order valence-corrected chi connectivity index (χ0v) is 21.2. The fraction of sp³-hybridized carbons (Fsp3) is 0.296. The highest BCUT2D eigenvalue weighted by molar-refractivity contribution is 7.80. The Morgan fingerprint density at radius 2 is 1.86 bits per heavy atom. The Morgan fingerprint density at radius 1 is 1.09 bits per heavy atom. The number of anilines is 2. The number of rotatable bonds is 3. The van der Waals surface area contributed by atoms with Crippen molar-refractivity contribution in [3.63, 3.8) is 0 Å². The van der Waals surface area contributed by atoms with E-state index in [2.05, 4.69) is 57.6 Å². The van der Waals surface area contributed by atoms with Gasteiger partial charge in [-0.25, -0.2) is 4.99 Å². The van der Waals surface area contributed by atoms with Crippen molar-refractivity contribution in [3.05, 3.63) is 82.9 Å². The molecule has 2 aliphatic heterocycles. The molecule has 1 fully saturated rings. The molecule has 0 saturated carbocycles. The maximum atomic E-state index is 13.5. The van der Waals surface area contributed by atoms with Crippen LogP contribution < -0.4 is 15.1 Å². The summed E-state index contributed by atoms with van der Waals surface area (Å²) in [6.45, 7) is 3.27. The van der Waals surface area contributed by atoms with Gasteiger partial charge in [0, 0.05) is 49.5 Å². The summed E-state index contributed by atoms with van der Waals surface area (Å²) in [6.07, 6.45) is 7.49. The Morgan fingerprint density at radius 3 is 2.57 bits per heavy atom. The monoisotopic (exact) mass is 505 g/mol. The maximum Gasteiger partial charge on any atom is 0.272 e. The number of nitrogens with one attached hydrogen (secondary N) is 1. The topological polar surface area (TPSA) is 51.2 Å². The van der Waals surface area contributed by atoms with E-state index in [1.165, 1.54) is 5.69 Å². The lowest BCUT2D eigenvalue weighted by Gasteiger charge is -2.38. The summed E-state index contributed by atoms with van der Waals surface area (Å²) in [7, 11) is 1.77. The molecule has 2 aromatic rings. The molecule has 0 bridgehead atoms. The smallest absolute Gasteiger partial charge is 0.272 e. The van der Waals surface area contributed by atoms with Gasteiger partial charge in [-0.1, -0.05) is 48.0 Å². The van der Waals surface area contributed by atoms with Gasteiger partial charge >= 0.3 is 0 Å². The third-order valence-corrected chi connectivity index (χ3v) is 7.23. The molecule has 8 heteroatoms. The highest BCUT2D eigenvalue weighted by Crippen LogP contribution is 2.31. The van der Waals surface area contributed by atoms with Crippen molar-refractivity contribution in [2.45, 2.75) is 19.0 Å². The van der Waals surface area contributed by atoms with Crippen LogP contribution in [0.1, 0.15) is 18.4 Å². The Kier molecular flexibility index (Phi) is 6.88. The summed E-state index contributed by atoms with van der Waals surface area (Å²) in [5.41, 5.74) is 4.59. The molecule has 1 amide bonds. The molecule has 1 saturated heterocycles. The third kappa shape index (κ3) is 4.97. The van der Waals surface area contributed by atoms with E-state index in [1.807, 2.05) is 18.2 Å². The van der Waals surface area contributed by atoms with Crippen molar-refractivity contribution in [1.82, 2.24) is 10.2 Å². The Balaban J connectivity index is 1.37. The van der Waals surface area contributed by atoms with E-state index in [0.717, 1.165) is 61.6 Å². The van der Waals surface area contributed by atoms with Gasteiger partial charge in [0.25, 0.3) is 5.91 Å². The van der Waals surface area contributed by atoms with Crippen molar-refractivity contribution in [3.8, 4) is 0 Å². The predicted octanol–water partition coefficient (Wildman–Crippen LogP) is 4.40. The molecule has 2 heterocycles. The number of aliphatic imine (C=N–C) groups is 1. The number of benzene rings is 2. The number of halogens is 1. The van der Waals surface area contributed by atoms with Gasteiger partial charge in [0.05, 0.1) is 11.4 Å². The van der Waals surface area contributed by atoms with E-state index in [1.54, 1.807) is 18.0 Å². The van der Waals surface area contributed by atoms with Gasteiger partial charge in [0.15, 0.2) is 5.11 Å². The fourth-order valence-electron chi connectivity index (χ4n) is 4.67. The van der Waals surface area contributed by atoms with Gasteiger partial charge < -0.3 is 20.0 Å². The number of carbonyl (C=O) groups excluding carboxylic acids is 1. The Labute approximate surface area is 216 Å². The molecule has 1 aliphatic carbocycles. The second-order valence-electron chi connectivity index (χ2n) is 8.84. The minimum Gasteiger partial charge on any atom is -0.368 e. The van der Waals surface area contributed by atoms with Crippen LogP contribution in [0.15, 0.2) is 77.3 Å². The molecular weight excluding hydrogens is 478 g/mol. The third-order valence-electron chi connectivity index (χ3n) is 6.61. The molecule has 180 valence electrons. The molecule has 0 aromatic heterocycles. The van der Waals surface area contributed by atoms with Crippen molar-refractivity contribution < 1.29 is 4.79 Å². The molecular formula is C27H28ClN5OS. The zero-order chi connectivity index (χ0) is 24.4. The van der Waals surface area contributed by atoms with Crippen molar-refractivity contribution >= 4 is 51.9 Å². The molecule has 1 atom stereocenters. The van der Waals surface area contributed by atoms with Crippen LogP contribution in [-0.4, -0.2) is 61.0 Å². The van der Waals surface area contributed by atoms with E-state index in [0.29, 0.717) is 10.1 Å². The summed E-state index contributed by atoms with van der Waals surface area (Å²) >= 11 is 12.1. The number of nitrogens with zero attached hydrogens (tertiary/aromatic N) is 4. The van der Waals surface area contributed by atoms with Crippen molar-refractivity contribution in [2.75, 3.05) is 43.0 Å². The SMILES string of the molecule is CN1C(=O)C(NC(=S)N2CCN(c3ccccc3)CC2)N=C(C2=CCCC=C2)c2cc(Cl)ccc21. The summed E-state index contributed by atoms with van der Waals surface area (Å²) < 4.78 is 0. The van der Waals surface area contributed by atoms with Crippen LogP contribution in [0.4, 0.5) is 11.4 Å². The number of piperazine rings is 1. The number of hydrogen-bond acceptors (Lipinski definition) is 4. The van der Waals surface area contributed by atoms with Gasteiger partial charge in [-0.3, -0.25) is 4.79 Å². The Hall–Kier alpha value is -3.16. The van der Waals surface area contributed by atoms with E-state index < -0.39 is 6.17 Å². The first-order valence-electron chi connectivity index (χ1n) is 11.9. The standard InChI is InChI=1S/C27H28ClN5OS/c1-31-23-13-12-20(28)18-22(23)24(19-8-4-2-5-9-19)29-25(26(31)34)30-27(35)33-16-14-32(15-17-33)21-10-6-3-7-11-21/h3-4,6-13,18,25H,2,5,14-17H2,1H3,(H,30,35). The summed E-state index contributed by atoms with van der Waals surface area (Å²) in [6, 6.07) is 16.0. The molecule has 2 aromatic carbocycles. The number of carbonyl (C=O) groups is 1. The number of allylic oxidation sites excluding steroid dienone is 4. The highest BCUT2D eigenvalue weighted by Gasteiger charge is 2.32. The highest BCUT2D eigenvalue weighted by atomic mass is 35.5. The first kappa shape index (κ1) is 23.6. The van der Waals surface area contributed by atoms with E-state index in [4.69, 9.17) is 28.8 Å². The van der Waals surface area contributed by atoms with Crippen LogP contribution in [-0.2, 0) is 4.79 Å². The summed E-state index contributed by atoms with van der Waals surface area (Å²) in [4.78, 5) is 24.5. The Bertz CT molecular complexity index is 1220. The second-order valence-corrected chi connectivity index (χ2v) is 9.66. The average Bonchev–Trinajstić information content (AvgIpc) is 3.00. The van der Waals surface area contributed by atoms with Crippen LogP contribution in [0.5, 0.6) is 0 Å². The number of para-hydroxylation sites is 1. The number of benzodiazepines with no additional fused rings is 1. The first-order chi connectivity index (χ1) is 17.0. The zero-order valence-electron chi connectivity index (χ0n) is 19.7. The van der Waals surface area contributed by atoms with Gasteiger partial charge in [-0.05, 0) is 61.0 Å². The van der Waals surface area contributed by atoms with Crippen LogP contribution in [0, 0.1) is 0 Å². The minimum atomic E-state index is -0.822. The van der Waals surface area contributed by atoms with E-state index in [9.17, 15) is 4.79 Å². The van der Waals surface area contributed by atoms with Crippen LogP contribution in [0.3, 0.4) is 0 Å². The quantitative estimate of drug-likeness (QED) is 0.626. The largest absolute Gasteiger partial charge is 0.368 e. The lowest BCUT2D eigenvalue weighted by atomic mass is 9.96. The minimum absolute atomic E-state index is 0.158. The normalized spacial score (nSPS) is 20.1. The number of amides is 1. The van der Waals surface area contributed by atoms with Gasteiger partial charge in [0.2, 0.25) is 6.17 Å². The van der Waals surface area contributed by atoms with Gasteiger partial charge in [0.1, 0.15) is 0 Å². The van der Waals surface area contributed by atoms with Gasteiger partial charge in [-0.2, -0.15) is 0 Å². The van der Waals surface area contributed by atoms with Crippen molar-refractivity contribution in [2.24, 2.45) is 4.99 Å². The predicted molar refractivity (Wildman–Crippen MR) is 148 cm³/mol. The molecule has 3 aliphatic rings. The maximum absolute atomic E-state index is 13.5. The summed E-state index contributed by atoms with van der Waals surface area (Å²) in [5.74, 6) is -0.158.